The van der Waals surface area contributed by atoms with Gasteiger partial charge in [-0.3, -0.25) is 4.79 Å². The summed E-state index contributed by atoms with van der Waals surface area (Å²) in [4.78, 5) is 14.0. The van der Waals surface area contributed by atoms with Crippen molar-refractivity contribution < 1.29 is 4.79 Å². The summed E-state index contributed by atoms with van der Waals surface area (Å²) in [5.74, 6) is 6.67. The van der Waals surface area contributed by atoms with Crippen LogP contribution in [0.4, 0.5) is 0 Å². The minimum absolute atomic E-state index is 0.130. The van der Waals surface area contributed by atoms with Crippen molar-refractivity contribution in [3.63, 3.8) is 0 Å². The van der Waals surface area contributed by atoms with Crippen LogP contribution in [0.3, 0.4) is 0 Å². The molecule has 0 aromatic carbocycles. The van der Waals surface area contributed by atoms with E-state index in [1.54, 1.807) is 0 Å². The minimum atomic E-state index is 0.130. The topological polar surface area (TPSA) is 17.1 Å². The van der Waals surface area contributed by atoms with E-state index in [9.17, 15) is 4.79 Å². The molecule has 5 rings (SSSR count). The van der Waals surface area contributed by atoms with Crippen molar-refractivity contribution in [1.29, 1.82) is 0 Å². The van der Waals surface area contributed by atoms with E-state index in [0.29, 0.717) is 0 Å². The second kappa shape index (κ2) is 19.9. The van der Waals surface area contributed by atoms with Crippen molar-refractivity contribution in [3.05, 3.63) is 0 Å². The molecule has 0 radical (unpaired) electrons. The van der Waals surface area contributed by atoms with Gasteiger partial charge in [0.05, 0.1) is 0 Å². The molecule has 0 saturated heterocycles. The van der Waals surface area contributed by atoms with Crippen LogP contribution >= 0.6 is 0 Å². The maximum absolute atomic E-state index is 14.0. The number of rotatable bonds is 20. The number of ketones is 1. The maximum atomic E-state index is 14.0. The molecule has 0 aliphatic heterocycles. The number of unbranched alkanes of at least 4 members (excludes halogenated alkanes) is 14. The highest BCUT2D eigenvalue weighted by Gasteiger charge is 2.63. The lowest BCUT2D eigenvalue weighted by Crippen LogP contribution is -2.60. The Morgan fingerprint density at radius 2 is 0.702 bits per heavy atom. The van der Waals surface area contributed by atoms with Crippen LogP contribution in [0, 0.1) is 46.3 Å². The lowest BCUT2D eigenvalue weighted by atomic mass is 9.42. The van der Waals surface area contributed by atoms with Gasteiger partial charge in [-0.25, -0.2) is 0 Å². The summed E-state index contributed by atoms with van der Waals surface area (Å²) in [6.07, 6.45) is 50.1. The van der Waals surface area contributed by atoms with Gasteiger partial charge in [0.2, 0.25) is 0 Å². The number of hydrogen-bond donors (Lipinski definition) is 0. The average molecular weight is 651 g/mol. The monoisotopic (exact) mass is 651 g/mol. The number of carbonyl (C=O) groups is 1. The fourth-order valence-corrected chi connectivity index (χ4v) is 12.4. The fourth-order valence-electron chi connectivity index (χ4n) is 12.4. The second-order valence-corrected chi connectivity index (χ2v) is 18.8. The number of hydrogen-bond acceptors (Lipinski definition) is 1. The van der Waals surface area contributed by atoms with Gasteiger partial charge in [-0.05, 0) is 119 Å². The van der Waals surface area contributed by atoms with Crippen LogP contribution in [0.5, 0.6) is 0 Å². The summed E-state index contributed by atoms with van der Waals surface area (Å²) in [6, 6.07) is 0. The predicted molar refractivity (Wildman–Crippen MR) is 204 cm³/mol. The molecule has 5 fully saturated rings. The Morgan fingerprint density at radius 1 is 0.404 bits per heavy atom. The Bertz CT molecular complexity index is 772. The molecule has 5 aliphatic carbocycles. The Balaban J connectivity index is 0.903. The fraction of sp³-hybridized carbons (Fsp3) is 0.978. The molecule has 5 saturated carbocycles. The van der Waals surface area contributed by atoms with Crippen molar-refractivity contribution in [2.45, 2.75) is 239 Å². The van der Waals surface area contributed by atoms with Gasteiger partial charge >= 0.3 is 0 Å². The van der Waals surface area contributed by atoms with E-state index < -0.39 is 0 Å². The zero-order valence-electron chi connectivity index (χ0n) is 32.1. The van der Waals surface area contributed by atoms with Crippen molar-refractivity contribution in [2.75, 3.05) is 0 Å². The summed E-state index contributed by atoms with van der Waals surface area (Å²) in [5.41, 5.74) is 0.259. The van der Waals surface area contributed by atoms with Gasteiger partial charge in [0.1, 0.15) is 5.78 Å². The van der Waals surface area contributed by atoms with Gasteiger partial charge in [0.15, 0.2) is 0 Å². The first kappa shape index (κ1) is 37.9. The molecule has 0 amide bonds. The van der Waals surface area contributed by atoms with E-state index in [-0.39, 0.29) is 10.8 Å². The molecule has 0 aromatic rings. The van der Waals surface area contributed by atoms with E-state index in [1.807, 2.05) is 0 Å². The zero-order valence-corrected chi connectivity index (χ0v) is 32.1. The van der Waals surface area contributed by atoms with Gasteiger partial charge in [-0.1, -0.05) is 155 Å². The molecule has 0 heterocycles. The highest BCUT2D eigenvalue weighted by atomic mass is 16.1. The molecule has 1 nitrogen and oxygen atoms in total. The standard InChI is InChI=1S/C46H82O/c1-3-5-7-9-11-13-15-17-19-38-21-25-40(26-22-38)42-29-33-45(34-30-42)37-46(44(45)47)35-31-43(32-36-46)41-27-23-39(24-28-41)20-18-16-14-12-10-8-6-4-2/h38-43H,3-37H2,1-2H3/t38-,39-,40-,41-,42?,43?,45?,46?. The van der Waals surface area contributed by atoms with Crippen LogP contribution in [-0.2, 0) is 4.79 Å². The van der Waals surface area contributed by atoms with Crippen LogP contribution in [0.2, 0.25) is 0 Å². The molecule has 0 aromatic heterocycles. The third-order valence-electron chi connectivity index (χ3n) is 15.7. The third kappa shape index (κ3) is 10.8. The molecule has 0 N–H and O–H groups in total. The molecular formula is C46H82O. The highest BCUT2D eigenvalue weighted by molar-refractivity contribution is 5.96. The Morgan fingerprint density at radius 3 is 1.02 bits per heavy atom. The van der Waals surface area contributed by atoms with Gasteiger partial charge < -0.3 is 0 Å². The zero-order chi connectivity index (χ0) is 32.8. The van der Waals surface area contributed by atoms with Gasteiger partial charge in [0.25, 0.3) is 0 Å². The molecule has 2 spiro atoms. The van der Waals surface area contributed by atoms with Crippen LogP contribution in [-0.4, -0.2) is 5.78 Å². The van der Waals surface area contributed by atoms with E-state index in [0.717, 1.165) is 41.3 Å². The molecular weight excluding hydrogens is 569 g/mol. The number of Topliss-reactive ketones (excluding diaryl/α,β-unsaturated/α-hetero) is 1. The summed E-state index contributed by atoms with van der Waals surface area (Å²) in [6.45, 7) is 4.63. The normalized spacial score (nSPS) is 36.2. The summed E-state index contributed by atoms with van der Waals surface area (Å²) in [7, 11) is 0. The molecule has 0 unspecified atom stereocenters. The second-order valence-electron chi connectivity index (χ2n) is 18.8. The molecule has 0 atom stereocenters. The lowest BCUT2D eigenvalue weighted by Gasteiger charge is -2.60. The molecule has 0 bridgehead atoms. The van der Waals surface area contributed by atoms with E-state index in [4.69, 9.17) is 0 Å². The molecule has 1 heteroatoms. The molecule has 272 valence electrons. The summed E-state index contributed by atoms with van der Waals surface area (Å²) in [5, 5.41) is 0. The molecule has 5 aliphatic rings. The van der Waals surface area contributed by atoms with Crippen molar-refractivity contribution >= 4 is 5.78 Å². The van der Waals surface area contributed by atoms with Crippen molar-refractivity contribution in [2.24, 2.45) is 46.3 Å². The first-order valence-corrected chi connectivity index (χ1v) is 22.6. The summed E-state index contributed by atoms with van der Waals surface area (Å²) >= 11 is 0. The average Bonchev–Trinajstić information content (AvgIpc) is 3.11. The quantitative estimate of drug-likeness (QED) is 0.120. The van der Waals surface area contributed by atoms with E-state index in [2.05, 4.69) is 13.8 Å². The van der Waals surface area contributed by atoms with Crippen LogP contribution in [0.25, 0.3) is 0 Å². The van der Waals surface area contributed by atoms with Crippen molar-refractivity contribution in [3.8, 4) is 0 Å². The smallest absolute Gasteiger partial charge is 0.145 e. The van der Waals surface area contributed by atoms with Crippen LogP contribution in [0.1, 0.15) is 239 Å². The maximum Gasteiger partial charge on any atom is 0.145 e. The number of carbonyl (C=O) groups excluding carboxylic acids is 1. The first-order chi connectivity index (χ1) is 23.1. The highest BCUT2D eigenvalue weighted by Crippen LogP contribution is 2.65. The van der Waals surface area contributed by atoms with Gasteiger partial charge in [0, 0.05) is 10.8 Å². The minimum Gasteiger partial charge on any atom is -0.298 e. The molecule has 47 heavy (non-hydrogen) atoms. The van der Waals surface area contributed by atoms with Gasteiger partial charge in [-0.2, -0.15) is 0 Å². The van der Waals surface area contributed by atoms with Gasteiger partial charge in [-0.15, -0.1) is 0 Å². The Labute approximate surface area is 294 Å². The Hall–Kier alpha value is -0.330. The van der Waals surface area contributed by atoms with E-state index in [1.165, 1.54) is 225 Å². The summed E-state index contributed by atoms with van der Waals surface area (Å²) < 4.78 is 0. The van der Waals surface area contributed by atoms with Crippen LogP contribution < -0.4 is 0 Å². The van der Waals surface area contributed by atoms with E-state index >= 15 is 0 Å². The predicted octanol–water partition coefficient (Wildman–Crippen LogP) is 15.0. The first-order valence-electron chi connectivity index (χ1n) is 22.6. The van der Waals surface area contributed by atoms with Crippen molar-refractivity contribution in [1.82, 2.24) is 0 Å². The lowest BCUT2D eigenvalue weighted by molar-refractivity contribution is -0.170. The Kier molecular flexibility index (Phi) is 16.1. The third-order valence-corrected chi connectivity index (χ3v) is 15.7. The largest absolute Gasteiger partial charge is 0.298 e. The van der Waals surface area contributed by atoms with Crippen LogP contribution in [0.15, 0.2) is 0 Å². The SMILES string of the molecule is CCCCCCCCCC[C@H]1CC[C@H](C2CCC3(CC2)CC2(CCC([C@H]4CC[C@H](CCCCCCCCCC)CC4)CC2)C3=O)CC1.